The second-order valence-electron chi connectivity index (χ2n) is 5.40. The van der Waals surface area contributed by atoms with E-state index in [4.69, 9.17) is 14.3 Å². The minimum Gasteiger partial charge on any atom is -0.493 e. The van der Waals surface area contributed by atoms with E-state index in [1.807, 2.05) is 0 Å². The lowest BCUT2D eigenvalue weighted by Gasteiger charge is -2.12. The van der Waals surface area contributed by atoms with E-state index in [2.05, 4.69) is 10.5 Å². The van der Waals surface area contributed by atoms with Crippen molar-refractivity contribution in [3.63, 3.8) is 0 Å². The van der Waals surface area contributed by atoms with Crippen molar-refractivity contribution in [2.75, 3.05) is 19.5 Å². The van der Waals surface area contributed by atoms with Gasteiger partial charge in [-0.3, -0.25) is 4.79 Å². The molecule has 1 N–H and O–H groups in total. The molecule has 0 radical (unpaired) electrons. The Hall–Kier alpha value is -3.09. The molecule has 0 fully saturated rings. The molecule has 0 unspecified atom stereocenters. The van der Waals surface area contributed by atoms with Crippen LogP contribution >= 0.6 is 0 Å². The van der Waals surface area contributed by atoms with Crippen molar-refractivity contribution in [2.24, 2.45) is 5.16 Å². The fraction of sp³-hybridized carbons (Fsp3) is 0.222. The summed E-state index contributed by atoms with van der Waals surface area (Å²) in [6, 6.07) is 11.0. The van der Waals surface area contributed by atoms with E-state index in [0.29, 0.717) is 29.3 Å². The van der Waals surface area contributed by atoms with E-state index in [9.17, 15) is 9.18 Å². The summed E-state index contributed by atoms with van der Waals surface area (Å²) in [6.07, 6.45) is -0.432. The van der Waals surface area contributed by atoms with Crippen molar-refractivity contribution in [3.8, 4) is 11.5 Å². The number of carbonyl (C=O) groups excluding carboxylic acids is 1. The molecule has 0 bridgehead atoms. The van der Waals surface area contributed by atoms with Crippen molar-refractivity contribution in [3.05, 3.63) is 53.8 Å². The predicted molar refractivity (Wildman–Crippen MR) is 90.6 cm³/mol. The molecule has 0 saturated carbocycles. The zero-order valence-corrected chi connectivity index (χ0v) is 13.8. The number of ether oxygens (including phenoxy) is 2. The number of amides is 1. The number of anilines is 1. The van der Waals surface area contributed by atoms with Gasteiger partial charge in [0.1, 0.15) is 5.82 Å². The van der Waals surface area contributed by atoms with Crippen LogP contribution in [0, 0.1) is 5.82 Å². The van der Waals surface area contributed by atoms with Crippen molar-refractivity contribution < 1.29 is 23.5 Å². The van der Waals surface area contributed by atoms with Crippen LogP contribution in [-0.4, -0.2) is 31.9 Å². The zero-order chi connectivity index (χ0) is 17.8. The number of oxime groups is 1. The number of hydrogen-bond acceptors (Lipinski definition) is 5. The molecule has 0 spiro atoms. The first-order valence-corrected chi connectivity index (χ1v) is 7.62. The van der Waals surface area contributed by atoms with E-state index in [-0.39, 0.29) is 11.7 Å². The van der Waals surface area contributed by atoms with Crippen molar-refractivity contribution in [2.45, 2.75) is 12.5 Å². The SMILES string of the molecule is COc1ccc(NC(=O)[C@@H]2CC(c3ccc(F)cc3)=NO2)cc1OC. The third kappa shape index (κ3) is 3.71. The summed E-state index contributed by atoms with van der Waals surface area (Å²) in [4.78, 5) is 17.6. The average molecular weight is 344 g/mol. The Morgan fingerprint density at radius 3 is 2.56 bits per heavy atom. The minimum atomic E-state index is -0.742. The summed E-state index contributed by atoms with van der Waals surface area (Å²) in [7, 11) is 3.06. The van der Waals surface area contributed by atoms with Crippen molar-refractivity contribution in [1.29, 1.82) is 0 Å². The molecule has 1 atom stereocenters. The lowest BCUT2D eigenvalue weighted by atomic mass is 10.0. The van der Waals surface area contributed by atoms with Crippen LogP contribution in [0.15, 0.2) is 47.6 Å². The maximum Gasteiger partial charge on any atom is 0.268 e. The van der Waals surface area contributed by atoms with Gasteiger partial charge in [0.25, 0.3) is 5.91 Å². The van der Waals surface area contributed by atoms with Crippen LogP contribution in [0.25, 0.3) is 0 Å². The lowest BCUT2D eigenvalue weighted by Crippen LogP contribution is -2.28. The summed E-state index contributed by atoms with van der Waals surface area (Å²) in [6.45, 7) is 0. The van der Waals surface area contributed by atoms with Gasteiger partial charge in [0.05, 0.1) is 19.9 Å². The highest BCUT2D eigenvalue weighted by Gasteiger charge is 2.29. The minimum absolute atomic E-state index is 0.310. The molecule has 1 aliphatic heterocycles. The fourth-order valence-electron chi connectivity index (χ4n) is 2.47. The molecule has 0 aliphatic carbocycles. The highest BCUT2D eigenvalue weighted by Crippen LogP contribution is 2.30. The molecule has 130 valence electrons. The second-order valence-corrected chi connectivity index (χ2v) is 5.40. The van der Waals surface area contributed by atoms with Gasteiger partial charge in [-0.25, -0.2) is 4.39 Å². The molecule has 2 aromatic carbocycles. The number of methoxy groups -OCH3 is 2. The number of nitrogens with one attached hydrogen (secondary N) is 1. The molecular formula is C18H17FN2O4. The highest BCUT2D eigenvalue weighted by molar-refractivity contribution is 6.06. The molecule has 6 nitrogen and oxygen atoms in total. The zero-order valence-electron chi connectivity index (χ0n) is 13.8. The van der Waals surface area contributed by atoms with E-state index >= 15 is 0 Å². The monoisotopic (exact) mass is 344 g/mol. The first-order valence-electron chi connectivity index (χ1n) is 7.62. The van der Waals surface area contributed by atoms with E-state index in [1.165, 1.54) is 26.4 Å². The Kier molecular flexibility index (Phi) is 4.83. The van der Waals surface area contributed by atoms with Crippen LogP contribution in [0.2, 0.25) is 0 Å². The number of benzene rings is 2. The van der Waals surface area contributed by atoms with Crippen molar-refractivity contribution in [1.82, 2.24) is 0 Å². The van der Waals surface area contributed by atoms with Crippen molar-refractivity contribution >= 4 is 17.3 Å². The standard InChI is InChI=1S/C18H17FN2O4/c1-23-15-8-7-13(9-16(15)24-2)20-18(22)17-10-14(21-25-17)11-3-5-12(19)6-4-11/h3-9,17H,10H2,1-2H3,(H,20,22)/t17-/m0/s1. The largest absolute Gasteiger partial charge is 0.493 e. The van der Waals surface area contributed by atoms with Crippen LogP contribution in [0.1, 0.15) is 12.0 Å². The Balaban J connectivity index is 1.64. The first kappa shape index (κ1) is 16.8. The molecule has 1 aliphatic rings. The number of hydrogen-bond donors (Lipinski definition) is 1. The Labute approximate surface area is 144 Å². The summed E-state index contributed by atoms with van der Waals surface area (Å²) in [5, 5.41) is 6.69. The van der Waals surface area contributed by atoms with Crippen LogP contribution in [0.4, 0.5) is 10.1 Å². The molecule has 1 amide bonds. The normalized spacial score (nSPS) is 16.0. The summed E-state index contributed by atoms with van der Waals surface area (Å²) < 4.78 is 23.3. The second kappa shape index (κ2) is 7.21. The number of carbonyl (C=O) groups is 1. The summed E-state index contributed by atoms with van der Waals surface area (Å²) >= 11 is 0. The smallest absolute Gasteiger partial charge is 0.268 e. The number of halogens is 1. The van der Waals surface area contributed by atoms with Gasteiger partial charge < -0.3 is 19.6 Å². The van der Waals surface area contributed by atoms with Gasteiger partial charge in [-0.2, -0.15) is 0 Å². The molecule has 25 heavy (non-hydrogen) atoms. The predicted octanol–water partition coefficient (Wildman–Crippen LogP) is 2.97. The maximum atomic E-state index is 13.0. The first-order chi connectivity index (χ1) is 12.1. The molecular weight excluding hydrogens is 327 g/mol. The van der Waals surface area contributed by atoms with E-state index in [1.54, 1.807) is 30.3 Å². The van der Waals surface area contributed by atoms with Gasteiger partial charge in [0.2, 0.25) is 6.10 Å². The topological polar surface area (TPSA) is 69.2 Å². The summed E-state index contributed by atoms with van der Waals surface area (Å²) in [5.41, 5.74) is 1.89. The third-order valence-electron chi connectivity index (χ3n) is 3.79. The fourth-order valence-corrected chi connectivity index (χ4v) is 2.47. The van der Waals surface area contributed by atoms with Crippen LogP contribution < -0.4 is 14.8 Å². The molecule has 3 rings (SSSR count). The van der Waals surface area contributed by atoms with Gasteiger partial charge in [0.15, 0.2) is 11.5 Å². The Morgan fingerprint density at radius 1 is 1.16 bits per heavy atom. The van der Waals surface area contributed by atoms with Gasteiger partial charge >= 0.3 is 0 Å². The molecule has 7 heteroatoms. The number of nitrogens with zero attached hydrogens (tertiary/aromatic N) is 1. The molecule has 2 aromatic rings. The van der Waals surface area contributed by atoms with Gasteiger partial charge in [-0.1, -0.05) is 17.3 Å². The average Bonchev–Trinajstić information content (AvgIpc) is 3.12. The highest BCUT2D eigenvalue weighted by atomic mass is 19.1. The lowest BCUT2D eigenvalue weighted by molar-refractivity contribution is -0.125. The molecule has 1 heterocycles. The Morgan fingerprint density at radius 2 is 1.88 bits per heavy atom. The molecule has 0 aromatic heterocycles. The maximum absolute atomic E-state index is 13.0. The van der Waals surface area contributed by atoms with E-state index in [0.717, 1.165) is 5.56 Å². The quantitative estimate of drug-likeness (QED) is 0.905. The third-order valence-corrected chi connectivity index (χ3v) is 3.79. The Bertz CT molecular complexity index is 805. The van der Waals surface area contributed by atoms with Crippen LogP contribution in [-0.2, 0) is 9.63 Å². The van der Waals surface area contributed by atoms with Gasteiger partial charge in [-0.15, -0.1) is 0 Å². The molecule has 0 saturated heterocycles. The number of rotatable bonds is 5. The van der Waals surface area contributed by atoms with Crippen LogP contribution in [0.5, 0.6) is 11.5 Å². The summed E-state index contributed by atoms with van der Waals surface area (Å²) in [5.74, 6) is 0.425. The van der Waals surface area contributed by atoms with E-state index < -0.39 is 6.10 Å². The van der Waals surface area contributed by atoms with Crippen LogP contribution in [0.3, 0.4) is 0 Å². The van der Waals surface area contributed by atoms with Gasteiger partial charge in [-0.05, 0) is 29.8 Å². The van der Waals surface area contributed by atoms with Gasteiger partial charge in [0, 0.05) is 18.2 Å².